The Labute approximate surface area is 419 Å². The number of fused-ring (bicyclic) bond motifs is 5. The number of para-hydroxylation sites is 3. The maximum atomic E-state index is 12.0. The van der Waals surface area contributed by atoms with Gasteiger partial charge in [0.15, 0.2) is 0 Å². The van der Waals surface area contributed by atoms with Gasteiger partial charge in [0.1, 0.15) is 11.4 Å². The summed E-state index contributed by atoms with van der Waals surface area (Å²) < 4.78 is 13.1. The molecule has 0 aliphatic rings. The van der Waals surface area contributed by atoms with Crippen LogP contribution in [0.5, 0.6) is 5.75 Å². The number of hydrogen-bond acceptors (Lipinski definition) is 3. The molecule has 1 aromatic heterocycles. The van der Waals surface area contributed by atoms with Crippen LogP contribution >= 0.6 is 0 Å². The maximum Gasteiger partial charge on any atom is 0.514 e. The standard InChI is InChI=1S/C21H18O3.C18H13N.2C13H14.C2H6/c1-21(2,3)24-20(22)23-17-12-10-15-8-7-13-5-4-6-14-9-11-16(17)19(15)18(13)14;1-2-8-14(9-3-1)19-17-12-6-4-10-15(17)16-11-5-7-13-18(16)19;2*1-10(2)12-9-5-7-11-6-3-4-8-13(11)12;1-2/h4-12H,1-3H3;1-13H;2*3-10H,1-2H3;1-2H3. The highest BCUT2D eigenvalue weighted by Gasteiger charge is 2.20. The highest BCUT2D eigenvalue weighted by molar-refractivity contribution is 6.24. The summed E-state index contributed by atoms with van der Waals surface area (Å²) in [6.07, 6.45) is -0.683. The fourth-order valence-electron chi connectivity index (χ4n) is 9.44. The number of nitrogens with zero attached hydrogens (tertiary/aromatic N) is 1. The Bertz CT molecular complexity index is 3530. The van der Waals surface area contributed by atoms with Crippen molar-refractivity contribution < 1.29 is 14.3 Å². The number of ether oxygens (including phenoxy) is 2. The van der Waals surface area contributed by atoms with Crippen LogP contribution in [0.4, 0.5) is 4.79 Å². The Kier molecular flexibility index (Phi) is 15.5. The zero-order chi connectivity index (χ0) is 50.1. The van der Waals surface area contributed by atoms with Crippen molar-refractivity contribution in [3.8, 4) is 11.4 Å². The fourth-order valence-corrected chi connectivity index (χ4v) is 9.44. The van der Waals surface area contributed by atoms with Gasteiger partial charge in [-0.1, -0.05) is 224 Å². The van der Waals surface area contributed by atoms with Crippen LogP contribution in [0.1, 0.15) is 85.3 Å². The van der Waals surface area contributed by atoms with Gasteiger partial charge in [0.2, 0.25) is 0 Å². The Hall–Kier alpha value is -7.95. The van der Waals surface area contributed by atoms with E-state index in [4.69, 9.17) is 9.47 Å². The van der Waals surface area contributed by atoms with Gasteiger partial charge >= 0.3 is 6.16 Å². The number of carbonyl (C=O) groups excluding carboxylic acids is 1. The lowest BCUT2D eigenvalue weighted by Crippen LogP contribution is -2.26. The van der Waals surface area contributed by atoms with Crippen molar-refractivity contribution in [2.45, 2.75) is 79.8 Å². The third-order valence-corrected chi connectivity index (χ3v) is 12.6. The van der Waals surface area contributed by atoms with Crippen molar-refractivity contribution in [2.24, 2.45) is 0 Å². The predicted octanol–water partition coefficient (Wildman–Crippen LogP) is 19.6. The van der Waals surface area contributed by atoms with Crippen LogP contribution in [0.2, 0.25) is 0 Å². The van der Waals surface area contributed by atoms with Crippen LogP contribution < -0.4 is 4.74 Å². The van der Waals surface area contributed by atoms with Gasteiger partial charge < -0.3 is 14.0 Å². The summed E-state index contributed by atoms with van der Waals surface area (Å²) in [5.74, 6) is 1.73. The first-order valence-corrected chi connectivity index (χ1v) is 25.0. The van der Waals surface area contributed by atoms with Gasteiger partial charge in [-0.15, -0.1) is 0 Å². The first kappa shape index (κ1) is 49.5. The second-order valence-corrected chi connectivity index (χ2v) is 19.1. The van der Waals surface area contributed by atoms with Gasteiger partial charge in [0.05, 0.1) is 11.0 Å². The number of carbonyl (C=O) groups is 1. The molecule has 0 atom stereocenters. The van der Waals surface area contributed by atoms with E-state index in [-0.39, 0.29) is 0 Å². The van der Waals surface area contributed by atoms with Crippen LogP contribution in [-0.4, -0.2) is 16.3 Å². The lowest BCUT2D eigenvalue weighted by atomic mass is 9.94. The predicted molar refractivity (Wildman–Crippen MR) is 305 cm³/mol. The van der Waals surface area contributed by atoms with Crippen LogP contribution in [0.15, 0.2) is 218 Å². The van der Waals surface area contributed by atoms with E-state index in [9.17, 15) is 4.79 Å². The van der Waals surface area contributed by atoms with Gasteiger partial charge in [-0.2, -0.15) is 0 Å². The van der Waals surface area contributed by atoms with Gasteiger partial charge in [-0.3, -0.25) is 0 Å². The van der Waals surface area contributed by atoms with Crippen LogP contribution in [0, 0.1) is 0 Å². The van der Waals surface area contributed by atoms with Crippen molar-refractivity contribution in [3.05, 3.63) is 230 Å². The van der Waals surface area contributed by atoms with Crippen molar-refractivity contribution in [1.82, 2.24) is 4.57 Å². The Morgan fingerprint density at radius 1 is 0.394 bits per heavy atom. The average Bonchev–Trinajstić information content (AvgIpc) is 3.73. The molecule has 0 unspecified atom stereocenters. The summed E-state index contributed by atoms with van der Waals surface area (Å²) in [7, 11) is 0. The van der Waals surface area contributed by atoms with E-state index in [0.717, 1.165) is 16.2 Å². The molecule has 0 amide bonds. The third kappa shape index (κ3) is 11.1. The van der Waals surface area contributed by atoms with E-state index >= 15 is 0 Å². The molecule has 0 saturated carbocycles. The van der Waals surface area contributed by atoms with Gasteiger partial charge in [-0.25, -0.2) is 4.79 Å². The normalized spacial score (nSPS) is 11.2. The van der Waals surface area contributed by atoms with Crippen molar-refractivity contribution in [1.29, 1.82) is 0 Å². The number of rotatable bonds is 4. The van der Waals surface area contributed by atoms with Gasteiger partial charge in [-0.05, 0) is 123 Å². The molecule has 4 heteroatoms. The molecule has 0 bridgehead atoms. The molecule has 71 heavy (non-hydrogen) atoms. The van der Waals surface area contributed by atoms with Crippen LogP contribution in [0.25, 0.3) is 81.4 Å². The molecule has 12 rings (SSSR count). The van der Waals surface area contributed by atoms with Crippen molar-refractivity contribution in [2.75, 3.05) is 0 Å². The molecule has 11 aromatic carbocycles. The summed E-state index contributed by atoms with van der Waals surface area (Å²) in [6.45, 7) is 18.4. The monoisotopic (exact) mass is 931 g/mol. The molecule has 0 saturated heterocycles. The molecule has 0 spiro atoms. The van der Waals surface area contributed by atoms with Crippen LogP contribution in [0.3, 0.4) is 0 Å². The highest BCUT2D eigenvalue weighted by Crippen LogP contribution is 2.39. The summed E-state index contributed by atoms with van der Waals surface area (Å²) in [5.41, 5.74) is 6.03. The highest BCUT2D eigenvalue weighted by atomic mass is 16.7. The quantitative estimate of drug-likeness (QED) is 0.100. The summed E-state index contributed by atoms with van der Waals surface area (Å²) in [4.78, 5) is 12.0. The molecule has 4 nitrogen and oxygen atoms in total. The molecule has 356 valence electrons. The minimum Gasteiger partial charge on any atom is -0.428 e. The van der Waals surface area contributed by atoms with Crippen LogP contribution in [-0.2, 0) is 4.74 Å². The number of hydrogen-bond donors (Lipinski definition) is 0. The molecule has 1 heterocycles. The summed E-state index contributed by atoms with van der Waals surface area (Å²) in [5, 5.41) is 14.8. The van der Waals surface area contributed by atoms with E-state index in [1.54, 1.807) is 0 Å². The maximum absolute atomic E-state index is 12.0. The molecule has 0 aliphatic carbocycles. The second kappa shape index (κ2) is 22.2. The Morgan fingerprint density at radius 2 is 0.789 bits per heavy atom. The minimum atomic E-state index is -0.683. The zero-order valence-electron chi connectivity index (χ0n) is 42.6. The van der Waals surface area contributed by atoms with E-state index in [1.165, 1.54) is 76.3 Å². The largest absolute Gasteiger partial charge is 0.514 e. The Balaban J connectivity index is 0.000000130. The topological polar surface area (TPSA) is 40.5 Å². The third-order valence-electron chi connectivity index (χ3n) is 12.6. The first-order valence-electron chi connectivity index (χ1n) is 25.0. The molecule has 0 radical (unpaired) electrons. The first-order chi connectivity index (χ1) is 34.4. The van der Waals surface area contributed by atoms with E-state index in [2.05, 4.69) is 232 Å². The average molecular weight is 932 g/mol. The molecule has 0 aliphatic heterocycles. The summed E-state index contributed by atoms with van der Waals surface area (Å²) in [6, 6.07) is 76.2. The molecule has 12 aromatic rings. The summed E-state index contributed by atoms with van der Waals surface area (Å²) >= 11 is 0. The number of aromatic nitrogens is 1. The van der Waals surface area contributed by atoms with Gasteiger partial charge in [0.25, 0.3) is 0 Å². The lowest BCUT2D eigenvalue weighted by Gasteiger charge is -2.19. The fraction of sp³-hybridized carbons (Fsp3) is 0.179. The molecule has 0 N–H and O–H groups in total. The lowest BCUT2D eigenvalue weighted by molar-refractivity contribution is 0.0209. The zero-order valence-corrected chi connectivity index (χ0v) is 42.6. The van der Waals surface area contributed by atoms with E-state index in [0.29, 0.717) is 17.6 Å². The molecular weight excluding hydrogens is 867 g/mol. The van der Waals surface area contributed by atoms with E-state index < -0.39 is 11.8 Å². The number of benzene rings is 11. The molecule has 0 fully saturated rings. The molecular formula is C67H65NO3. The second-order valence-electron chi connectivity index (χ2n) is 19.1. The SMILES string of the molecule is CC.CC(C)(C)OC(=O)Oc1ccc2ccc3cccc4ccc1c2c34.CC(C)c1cccc2ccccc12.CC(C)c1cccc2ccccc12.c1ccc(-n2c3ccccc3c3ccccc32)cc1. The van der Waals surface area contributed by atoms with Gasteiger partial charge in [0, 0.05) is 27.2 Å². The minimum absolute atomic E-state index is 0.523. The smallest absolute Gasteiger partial charge is 0.428 e. The van der Waals surface area contributed by atoms with E-state index in [1.807, 2.05) is 52.8 Å². The Morgan fingerprint density at radius 3 is 1.30 bits per heavy atom. The van der Waals surface area contributed by atoms with Crippen molar-refractivity contribution in [3.63, 3.8) is 0 Å². The van der Waals surface area contributed by atoms with Crippen molar-refractivity contribution >= 4 is 81.8 Å².